The van der Waals surface area contributed by atoms with Crippen LogP contribution in [0.1, 0.15) is 12.8 Å². The fourth-order valence-corrected chi connectivity index (χ4v) is 2.90. The minimum absolute atomic E-state index is 0.331. The van der Waals surface area contributed by atoms with E-state index in [1.165, 1.54) is 0 Å². The lowest BCUT2D eigenvalue weighted by atomic mass is 10.1. The molecule has 0 atom stereocenters. The first kappa shape index (κ1) is 15.8. The highest BCUT2D eigenvalue weighted by Crippen LogP contribution is 2.20. The molecule has 0 saturated carbocycles. The van der Waals surface area contributed by atoms with Crippen molar-refractivity contribution < 1.29 is 4.74 Å². The number of anilines is 1. The molecule has 0 amide bonds. The van der Waals surface area contributed by atoms with Crippen LogP contribution in [-0.2, 0) is 11.3 Å². The van der Waals surface area contributed by atoms with Crippen LogP contribution in [0.3, 0.4) is 0 Å². The molecule has 6 heteroatoms. The van der Waals surface area contributed by atoms with Gasteiger partial charge in [0.05, 0.1) is 13.2 Å². The highest BCUT2D eigenvalue weighted by molar-refractivity contribution is 5.74. The van der Waals surface area contributed by atoms with Crippen molar-refractivity contribution in [2.45, 2.75) is 25.4 Å². The minimum atomic E-state index is 0.331. The third kappa shape index (κ3) is 3.81. The van der Waals surface area contributed by atoms with E-state index in [-0.39, 0.29) is 0 Å². The highest BCUT2D eigenvalue weighted by Gasteiger charge is 2.19. The fraction of sp³-hybridized carbons (Fsp3) is 0.529. The van der Waals surface area contributed by atoms with Crippen LogP contribution in [0, 0.1) is 12.3 Å². The third-order valence-corrected chi connectivity index (χ3v) is 4.20. The lowest BCUT2D eigenvalue weighted by Gasteiger charge is -2.29. The zero-order valence-corrected chi connectivity index (χ0v) is 13.5. The molecule has 0 aliphatic carbocycles. The molecule has 122 valence electrons. The zero-order valence-electron chi connectivity index (χ0n) is 13.5. The van der Waals surface area contributed by atoms with E-state index in [4.69, 9.17) is 16.1 Å². The summed E-state index contributed by atoms with van der Waals surface area (Å²) >= 11 is 0. The van der Waals surface area contributed by atoms with Crippen molar-refractivity contribution in [3.63, 3.8) is 0 Å². The van der Waals surface area contributed by atoms with Gasteiger partial charge in [0.1, 0.15) is 12.1 Å². The Balaban J connectivity index is 1.76. The second-order valence-corrected chi connectivity index (χ2v) is 5.91. The van der Waals surface area contributed by atoms with Crippen LogP contribution in [0.2, 0.25) is 0 Å². The van der Waals surface area contributed by atoms with Gasteiger partial charge in [-0.2, -0.15) is 0 Å². The maximum atomic E-state index is 5.42. The number of ether oxygens (including phenoxy) is 1. The van der Waals surface area contributed by atoms with Crippen molar-refractivity contribution in [3.05, 3.63) is 18.3 Å². The Bertz CT molecular complexity index is 682. The van der Waals surface area contributed by atoms with Gasteiger partial charge in [0.25, 0.3) is 0 Å². The normalized spacial score (nSPS) is 16.5. The van der Waals surface area contributed by atoms with Gasteiger partial charge < -0.3 is 15.0 Å². The van der Waals surface area contributed by atoms with E-state index in [0.29, 0.717) is 25.8 Å². The zero-order chi connectivity index (χ0) is 16.1. The molecule has 0 bridgehead atoms. The number of nitrogens with one attached hydrogen (secondary N) is 1. The molecule has 6 nitrogen and oxygen atoms in total. The summed E-state index contributed by atoms with van der Waals surface area (Å²) in [6.45, 7) is 3.79. The van der Waals surface area contributed by atoms with E-state index >= 15 is 0 Å². The molecular weight excluding hydrogens is 290 g/mol. The van der Waals surface area contributed by atoms with Gasteiger partial charge in [0.15, 0.2) is 5.65 Å². The number of hydrogen-bond acceptors (Lipinski definition) is 5. The molecule has 0 radical (unpaired) electrons. The fourth-order valence-electron chi connectivity index (χ4n) is 2.90. The summed E-state index contributed by atoms with van der Waals surface area (Å²) < 4.78 is 7.50. The molecule has 0 aromatic carbocycles. The van der Waals surface area contributed by atoms with Crippen molar-refractivity contribution in [1.82, 2.24) is 19.4 Å². The number of terminal acetylenes is 1. The van der Waals surface area contributed by atoms with Crippen molar-refractivity contribution >= 4 is 17.1 Å². The number of fused-ring (bicyclic) bond motifs is 1. The molecule has 3 rings (SSSR count). The molecule has 2 aromatic heterocycles. The van der Waals surface area contributed by atoms with E-state index in [2.05, 4.69) is 32.7 Å². The van der Waals surface area contributed by atoms with Crippen LogP contribution in [0.5, 0.6) is 0 Å². The van der Waals surface area contributed by atoms with Crippen molar-refractivity contribution in [2.24, 2.45) is 0 Å². The maximum absolute atomic E-state index is 5.42. The van der Waals surface area contributed by atoms with Crippen LogP contribution in [0.25, 0.3) is 11.2 Å². The number of likely N-dealkylation sites (tertiary alicyclic amines) is 1. The van der Waals surface area contributed by atoms with Gasteiger partial charge in [-0.25, -0.2) is 9.97 Å². The molecule has 3 heterocycles. The topological polar surface area (TPSA) is 55.2 Å². The second-order valence-electron chi connectivity index (χ2n) is 5.91. The molecule has 1 aliphatic heterocycles. The molecule has 1 fully saturated rings. The molecule has 1 aliphatic rings. The van der Waals surface area contributed by atoms with E-state index in [9.17, 15) is 0 Å². The Hall–Kier alpha value is -2.10. The number of piperidine rings is 1. The predicted octanol–water partition coefficient (Wildman–Crippen LogP) is 1.59. The smallest absolute Gasteiger partial charge is 0.205 e. The average Bonchev–Trinajstić information content (AvgIpc) is 2.91. The van der Waals surface area contributed by atoms with Gasteiger partial charge in [0.2, 0.25) is 5.95 Å². The van der Waals surface area contributed by atoms with Gasteiger partial charge in [-0.15, -0.1) is 6.42 Å². The lowest BCUT2D eigenvalue weighted by molar-refractivity contribution is 0.158. The van der Waals surface area contributed by atoms with Gasteiger partial charge >= 0.3 is 0 Å². The summed E-state index contributed by atoms with van der Waals surface area (Å²) in [6, 6.07) is 4.35. The molecule has 23 heavy (non-hydrogen) atoms. The molecule has 2 aromatic rings. The predicted molar refractivity (Wildman–Crippen MR) is 91.3 cm³/mol. The van der Waals surface area contributed by atoms with Crippen LogP contribution in [0.4, 0.5) is 5.95 Å². The number of imidazole rings is 1. The van der Waals surface area contributed by atoms with Gasteiger partial charge in [-0.1, -0.05) is 5.92 Å². The van der Waals surface area contributed by atoms with Gasteiger partial charge in [0, 0.05) is 12.2 Å². The van der Waals surface area contributed by atoms with Gasteiger partial charge in [-0.05, 0) is 45.1 Å². The number of rotatable bonds is 6. The largest absolute Gasteiger partial charge is 0.367 e. The Labute approximate surface area is 136 Å². The maximum Gasteiger partial charge on any atom is 0.205 e. The molecule has 0 unspecified atom stereocenters. The van der Waals surface area contributed by atoms with E-state index < -0.39 is 0 Å². The summed E-state index contributed by atoms with van der Waals surface area (Å²) in [7, 11) is 2.16. The quantitative estimate of drug-likeness (QED) is 0.648. The number of nitrogens with zero attached hydrogens (tertiary/aromatic N) is 4. The monoisotopic (exact) mass is 313 g/mol. The van der Waals surface area contributed by atoms with Crippen molar-refractivity contribution in [2.75, 3.05) is 38.7 Å². The van der Waals surface area contributed by atoms with Gasteiger partial charge in [-0.3, -0.25) is 4.57 Å². The standard InChI is InChI=1S/C17H23N5O/c1-3-12-23-13-11-22-16-15(5-4-8-18-16)20-17(22)19-14-6-9-21(2)10-7-14/h1,4-5,8,14H,6-7,9-13H2,2H3,(H,19,20). The Morgan fingerprint density at radius 2 is 2.26 bits per heavy atom. The van der Waals surface area contributed by atoms with Crippen molar-refractivity contribution in [1.29, 1.82) is 0 Å². The summed E-state index contributed by atoms with van der Waals surface area (Å²) in [5.41, 5.74) is 1.78. The first-order chi connectivity index (χ1) is 11.3. The Morgan fingerprint density at radius 3 is 3.04 bits per heavy atom. The second kappa shape index (κ2) is 7.44. The molecule has 0 spiro atoms. The molecule has 1 saturated heterocycles. The lowest BCUT2D eigenvalue weighted by Crippen LogP contribution is -2.37. The Kier molecular flexibility index (Phi) is 5.11. The summed E-state index contributed by atoms with van der Waals surface area (Å²) in [6.07, 6.45) is 9.27. The van der Waals surface area contributed by atoms with E-state index in [0.717, 1.165) is 43.0 Å². The van der Waals surface area contributed by atoms with Crippen molar-refractivity contribution in [3.8, 4) is 12.3 Å². The van der Waals surface area contributed by atoms with Crippen LogP contribution in [0.15, 0.2) is 18.3 Å². The van der Waals surface area contributed by atoms with E-state index in [1.807, 2.05) is 12.1 Å². The summed E-state index contributed by atoms with van der Waals surface area (Å²) in [4.78, 5) is 11.5. The van der Waals surface area contributed by atoms with Crippen LogP contribution < -0.4 is 5.32 Å². The first-order valence-electron chi connectivity index (χ1n) is 8.05. The highest BCUT2D eigenvalue weighted by atomic mass is 16.5. The third-order valence-electron chi connectivity index (χ3n) is 4.20. The molecular formula is C17H23N5O. The first-order valence-corrected chi connectivity index (χ1v) is 8.05. The number of hydrogen-bond donors (Lipinski definition) is 1. The molecule has 1 N–H and O–H groups in total. The average molecular weight is 313 g/mol. The van der Waals surface area contributed by atoms with Crippen LogP contribution >= 0.6 is 0 Å². The Morgan fingerprint density at radius 1 is 1.43 bits per heavy atom. The minimum Gasteiger partial charge on any atom is -0.367 e. The SMILES string of the molecule is C#CCOCCn1c(NC2CCN(C)CC2)nc2cccnc21. The number of pyridine rings is 1. The summed E-state index contributed by atoms with van der Waals surface area (Å²) in [5, 5.41) is 3.59. The van der Waals surface area contributed by atoms with E-state index in [1.54, 1.807) is 6.20 Å². The number of aromatic nitrogens is 3. The van der Waals surface area contributed by atoms with Crippen LogP contribution in [-0.4, -0.2) is 58.8 Å². The summed E-state index contributed by atoms with van der Waals surface area (Å²) in [5.74, 6) is 3.36.